The molecule has 3 N–H and O–H groups in total. The number of amides is 1. The van der Waals surface area contributed by atoms with Gasteiger partial charge in [-0.25, -0.2) is 0 Å². The van der Waals surface area contributed by atoms with Gasteiger partial charge in [-0.3, -0.25) is 9.59 Å². The summed E-state index contributed by atoms with van der Waals surface area (Å²) in [5.41, 5.74) is -0.568. The third-order valence-electron chi connectivity index (χ3n) is 2.29. The van der Waals surface area contributed by atoms with E-state index in [1.165, 1.54) is 0 Å². The SMILES string of the molecule is CCNC(C)(C)C(=O)NCCCCC(=O)O. The van der Waals surface area contributed by atoms with Gasteiger partial charge in [-0.15, -0.1) is 0 Å². The minimum atomic E-state index is -0.792. The lowest BCUT2D eigenvalue weighted by Gasteiger charge is -2.24. The smallest absolute Gasteiger partial charge is 0.303 e. The Balaban J connectivity index is 3.69. The molecule has 5 heteroatoms. The first-order chi connectivity index (χ1) is 7.40. The molecule has 0 aromatic carbocycles. The van der Waals surface area contributed by atoms with Crippen LogP contribution in [0.4, 0.5) is 0 Å². The van der Waals surface area contributed by atoms with Gasteiger partial charge in [-0.1, -0.05) is 6.92 Å². The molecule has 0 aromatic rings. The second-order valence-electron chi connectivity index (χ2n) is 4.26. The largest absolute Gasteiger partial charge is 0.481 e. The second kappa shape index (κ2) is 7.22. The zero-order valence-corrected chi connectivity index (χ0v) is 10.3. The Labute approximate surface area is 96.6 Å². The van der Waals surface area contributed by atoms with Crippen LogP contribution in [-0.4, -0.2) is 35.6 Å². The van der Waals surface area contributed by atoms with E-state index in [-0.39, 0.29) is 12.3 Å². The van der Waals surface area contributed by atoms with Crippen molar-refractivity contribution >= 4 is 11.9 Å². The van der Waals surface area contributed by atoms with Crippen LogP contribution in [0.1, 0.15) is 40.0 Å². The van der Waals surface area contributed by atoms with Gasteiger partial charge in [0.25, 0.3) is 0 Å². The molecule has 0 fully saturated rings. The minimum Gasteiger partial charge on any atom is -0.481 e. The van der Waals surface area contributed by atoms with Crippen LogP contribution < -0.4 is 10.6 Å². The Kier molecular flexibility index (Phi) is 6.72. The first-order valence-corrected chi connectivity index (χ1v) is 5.65. The van der Waals surface area contributed by atoms with Crippen molar-refractivity contribution in [2.75, 3.05) is 13.1 Å². The fourth-order valence-corrected chi connectivity index (χ4v) is 1.35. The van der Waals surface area contributed by atoms with Crippen LogP contribution in [0.5, 0.6) is 0 Å². The first kappa shape index (κ1) is 14.9. The number of carbonyl (C=O) groups is 2. The molecule has 5 nitrogen and oxygen atoms in total. The van der Waals surface area contributed by atoms with Gasteiger partial charge in [-0.2, -0.15) is 0 Å². The summed E-state index contributed by atoms with van der Waals surface area (Å²) in [6.45, 7) is 6.86. The van der Waals surface area contributed by atoms with Crippen LogP contribution in [0.25, 0.3) is 0 Å². The topological polar surface area (TPSA) is 78.4 Å². The summed E-state index contributed by atoms with van der Waals surface area (Å²) in [7, 11) is 0. The monoisotopic (exact) mass is 230 g/mol. The van der Waals surface area contributed by atoms with E-state index in [1.807, 2.05) is 20.8 Å². The maximum absolute atomic E-state index is 11.7. The highest BCUT2D eigenvalue weighted by atomic mass is 16.4. The van der Waals surface area contributed by atoms with Crippen molar-refractivity contribution in [3.05, 3.63) is 0 Å². The fourth-order valence-electron chi connectivity index (χ4n) is 1.35. The predicted octanol–water partition coefficient (Wildman–Crippen LogP) is 0.746. The lowest BCUT2D eigenvalue weighted by molar-refractivity contribution is -0.137. The summed E-state index contributed by atoms with van der Waals surface area (Å²) >= 11 is 0. The van der Waals surface area contributed by atoms with E-state index in [0.717, 1.165) is 6.54 Å². The van der Waals surface area contributed by atoms with E-state index in [2.05, 4.69) is 10.6 Å². The number of likely N-dealkylation sites (N-methyl/N-ethyl adjacent to an activating group) is 1. The molecule has 0 aliphatic heterocycles. The molecule has 0 radical (unpaired) electrons. The van der Waals surface area contributed by atoms with Crippen molar-refractivity contribution in [1.82, 2.24) is 10.6 Å². The highest BCUT2D eigenvalue weighted by Gasteiger charge is 2.25. The molecule has 94 valence electrons. The van der Waals surface area contributed by atoms with Crippen LogP contribution in [-0.2, 0) is 9.59 Å². The van der Waals surface area contributed by atoms with Gasteiger partial charge in [0.1, 0.15) is 0 Å². The standard InChI is InChI=1S/C11H22N2O3/c1-4-13-11(2,3)10(16)12-8-6-5-7-9(14)15/h13H,4-8H2,1-3H3,(H,12,16)(H,14,15). The van der Waals surface area contributed by atoms with Crippen LogP contribution in [0.2, 0.25) is 0 Å². The maximum atomic E-state index is 11.7. The molecule has 0 atom stereocenters. The van der Waals surface area contributed by atoms with Gasteiger partial charge >= 0.3 is 5.97 Å². The van der Waals surface area contributed by atoms with E-state index in [4.69, 9.17) is 5.11 Å². The van der Waals surface area contributed by atoms with Crippen LogP contribution >= 0.6 is 0 Å². The van der Waals surface area contributed by atoms with Crippen LogP contribution in [0.3, 0.4) is 0 Å². The second-order valence-corrected chi connectivity index (χ2v) is 4.26. The highest BCUT2D eigenvalue weighted by Crippen LogP contribution is 2.01. The summed E-state index contributed by atoms with van der Waals surface area (Å²) < 4.78 is 0. The molecule has 16 heavy (non-hydrogen) atoms. The quantitative estimate of drug-likeness (QED) is 0.538. The molecule has 0 aliphatic rings. The van der Waals surface area contributed by atoms with E-state index in [9.17, 15) is 9.59 Å². The Bertz CT molecular complexity index is 239. The van der Waals surface area contributed by atoms with Gasteiger partial charge < -0.3 is 15.7 Å². The van der Waals surface area contributed by atoms with Gasteiger partial charge in [-0.05, 0) is 33.2 Å². The van der Waals surface area contributed by atoms with Gasteiger partial charge in [0, 0.05) is 13.0 Å². The number of aliphatic carboxylic acids is 1. The average molecular weight is 230 g/mol. The molecule has 0 rings (SSSR count). The third-order valence-corrected chi connectivity index (χ3v) is 2.29. The molecule has 0 saturated carbocycles. The number of hydrogen-bond donors (Lipinski definition) is 3. The number of hydrogen-bond acceptors (Lipinski definition) is 3. The number of carboxylic acid groups (broad SMARTS) is 1. The lowest BCUT2D eigenvalue weighted by atomic mass is 10.0. The van der Waals surface area contributed by atoms with Crippen LogP contribution in [0.15, 0.2) is 0 Å². The van der Waals surface area contributed by atoms with E-state index in [0.29, 0.717) is 19.4 Å². The lowest BCUT2D eigenvalue weighted by Crippen LogP contribution is -2.52. The van der Waals surface area contributed by atoms with E-state index < -0.39 is 11.5 Å². The molecule has 0 aliphatic carbocycles. The molecule has 0 spiro atoms. The van der Waals surface area contributed by atoms with E-state index >= 15 is 0 Å². The molecule has 0 bridgehead atoms. The maximum Gasteiger partial charge on any atom is 0.303 e. The summed E-state index contributed by atoms with van der Waals surface area (Å²) in [5.74, 6) is -0.844. The zero-order valence-electron chi connectivity index (χ0n) is 10.3. The van der Waals surface area contributed by atoms with Gasteiger partial charge in [0.2, 0.25) is 5.91 Å². The highest BCUT2D eigenvalue weighted by molar-refractivity contribution is 5.85. The zero-order chi connectivity index (χ0) is 12.6. The van der Waals surface area contributed by atoms with Crippen molar-refractivity contribution in [1.29, 1.82) is 0 Å². The summed E-state index contributed by atoms with van der Waals surface area (Å²) in [6.07, 6.45) is 1.45. The van der Waals surface area contributed by atoms with Gasteiger partial charge in [0.15, 0.2) is 0 Å². The van der Waals surface area contributed by atoms with Gasteiger partial charge in [0.05, 0.1) is 5.54 Å². The Hall–Kier alpha value is -1.10. The van der Waals surface area contributed by atoms with Crippen molar-refractivity contribution in [2.24, 2.45) is 0 Å². The summed E-state index contributed by atoms with van der Waals surface area (Å²) in [4.78, 5) is 21.9. The molecule has 0 unspecified atom stereocenters. The van der Waals surface area contributed by atoms with Crippen LogP contribution in [0, 0.1) is 0 Å². The normalized spacial score (nSPS) is 11.2. The van der Waals surface area contributed by atoms with Crippen molar-refractivity contribution in [3.63, 3.8) is 0 Å². The van der Waals surface area contributed by atoms with Crippen molar-refractivity contribution < 1.29 is 14.7 Å². The third kappa shape index (κ3) is 6.40. The molecule has 0 aromatic heterocycles. The molecule has 0 saturated heterocycles. The number of unbranched alkanes of at least 4 members (excludes halogenated alkanes) is 1. The Morgan fingerprint density at radius 2 is 1.88 bits per heavy atom. The first-order valence-electron chi connectivity index (χ1n) is 5.65. The van der Waals surface area contributed by atoms with E-state index in [1.54, 1.807) is 0 Å². The number of carboxylic acids is 1. The number of rotatable bonds is 8. The Morgan fingerprint density at radius 1 is 1.25 bits per heavy atom. The average Bonchev–Trinajstić information content (AvgIpc) is 2.16. The van der Waals surface area contributed by atoms with Crippen molar-refractivity contribution in [2.45, 2.75) is 45.6 Å². The molecule has 0 heterocycles. The number of nitrogens with one attached hydrogen (secondary N) is 2. The minimum absolute atomic E-state index is 0.0512. The van der Waals surface area contributed by atoms with Crippen molar-refractivity contribution in [3.8, 4) is 0 Å². The molecular formula is C11H22N2O3. The summed E-state index contributed by atoms with van der Waals surface area (Å²) in [6, 6.07) is 0. The molecular weight excluding hydrogens is 208 g/mol. The molecule has 1 amide bonds. The summed E-state index contributed by atoms with van der Waals surface area (Å²) in [5, 5.41) is 14.3. The Morgan fingerprint density at radius 3 is 2.38 bits per heavy atom. The predicted molar refractivity (Wildman–Crippen MR) is 62.3 cm³/mol. The number of carbonyl (C=O) groups excluding carboxylic acids is 1. The fraction of sp³-hybridized carbons (Fsp3) is 0.818.